The third-order valence-corrected chi connectivity index (χ3v) is 4.40. The summed E-state index contributed by atoms with van der Waals surface area (Å²) in [7, 11) is 0. The molecule has 1 aliphatic heterocycles. The van der Waals surface area contributed by atoms with Crippen molar-refractivity contribution >= 4 is 11.5 Å². The van der Waals surface area contributed by atoms with Gasteiger partial charge in [-0.1, -0.05) is 48.5 Å². The average molecular weight is 295 g/mol. The number of ketones is 1. The number of benzene rings is 2. The highest BCUT2D eigenvalue weighted by Gasteiger charge is 2.34. The number of carbonyl (C=O) groups excluding carboxylic acids is 1. The fraction of sp³-hybridized carbons (Fsp3) is 0.316. The van der Waals surface area contributed by atoms with Crippen molar-refractivity contribution in [2.24, 2.45) is 0 Å². The second-order valence-electron chi connectivity index (χ2n) is 6.01. The van der Waals surface area contributed by atoms with Gasteiger partial charge in [0.25, 0.3) is 0 Å². The zero-order valence-electron chi connectivity index (χ0n) is 12.6. The van der Waals surface area contributed by atoms with Crippen molar-refractivity contribution in [2.45, 2.75) is 24.9 Å². The third-order valence-electron chi connectivity index (χ3n) is 4.40. The zero-order valence-corrected chi connectivity index (χ0v) is 12.6. The summed E-state index contributed by atoms with van der Waals surface area (Å²) in [6.45, 7) is 1.56. The molecule has 114 valence electrons. The lowest BCUT2D eigenvalue weighted by Crippen LogP contribution is -2.45. The Bertz CT molecular complexity index is 616. The molecule has 0 spiro atoms. The van der Waals surface area contributed by atoms with Crippen LogP contribution >= 0.6 is 0 Å². The molecule has 0 aromatic heterocycles. The summed E-state index contributed by atoms with van der Waals surface area (Å²) in [5.74, 6) is 0.0243. The average Bonchev–Trinajstić information content (AvgIpc) is 2.57. The lowest BCUT2D eigenvalue weighted by Gasteiger charge is -2.39. The molecule has 1 N–H and O–H groups in total. The number of piperidine rings is 1. The Balaban J connectivity index is 1.61. The van der Waals surface area contributed by atoms with Crippen LogP contribution in [0.2, 0.25) is 0 Å². The SMILES string of the molecule is O=C(CC1(O)CCN(c2ccccc2)CC1)c1ccccc1. The monoisotopic (exact) mass is 295 g/mol. The van der Waals surface area contributed by atoms with Crippen molar-refractivity contribution in [3.63, 3.8) is 0 Å². The predicted octanol–water partition coefficient (Wildman–Crippen LogP) is 3.29. The smallest absolute Gasteiger partial charge is 0.165 e. The molecule has 0 amide bonds. The number of para-hydroxylation sites is 1. The lowest BCUT2D eigenvalue weighted by atomic mass is 9.85. The summed E-state index contributed by atoms with van der Waals surface area (Å²) < 4.78 is 0. The van der Waals surface area contributed by atoms with Gasteiger partial charge in [-0.25, -0.2) is 0 Å². The minimum atomic E-state index is -0.877. The lowest BCUT2D eigenvalue weighted by molar-refractivity contribution is 0.0109. The van der Waals surface area contributed by atoms with Gasteiger partial charge in [0.1, 0.15) is 0 Å². The molecule has 0 radical (unpaired) electrons. The van der Waals surface area contributed by atoms with Crippen LogP contribution in [0.3, 0.4) is 0 Å². The molecule has 2 aromatic carbocycles. The Morgan fingerprint density at radius 2 is 1.50 bits per heavy atom. The Morgan fingerprint density at radius 1 is 0.955 bits per heavy atom. The van der Waals surface area contributed by atoms with Gasteiger partial charge in [-0.15, -0.1) is 0 Å². The van der Waals surface area contributed by atoms with E-state index in [4.69, 9.17) is 0 Å². The summed E-state index contributed by atoms with van der Waals surface area (Å²) in [6.07, 6.45) is 1.46. The second kappa shape index (κ2) is 6.32. The Labute approximate surface area is 131 Å². The molecule has 2 aromatic rings. The first-order valence-electron chi connectivity index (χ1n) is 7.77. The van der Waals surface area contributed by atoms with Gasteiger partial charge in [-0.3, -0.25) is 4.79 Å². The first-order chi connectivity index (χ1) is 10.7. The van der Waals surface area contributed by atoms with Crippen LogP contribution in [0.1, 0.15) is 29.6 Å². The maximum atomic E-state index is 12.3. The van der Waals surface area contributed by atoms with Gasteiger partial charge in [0.2, 0.25) is 0 Å². The number of hydrogen-bond acceptors (Lipinski definition) is 3. The summed E-state index contributed by atoms with van der Waals surface area (Å²) in [5.41, 5.74) is 0.985. The summed E-state index contributed by atoms with van der Waals surface area (Å²) in [5, 5.41) is 10.7. The number of anilines is 1. The molecular formula is C19H21NO2. The summed E-state index contributed by atoms with van der Waals surface area (Å²) in [4.78, 5) is 14.6. The van der Waals surface area contributed by atoms with Crippen LogP contribution in [0.4, 0.5) is 5.69 Å². The minimum absolute atomic E-state index is 0.0243. The molecule has 0 unspecified atom stereocenters. The quantitative estimate of drug-likeness (QED) is 0.880. The highest BCUT2D eigenvalue weighted by Crippen LogP contribution is 2.29. The first kappa shape index (κ1) is 14.8. The molecule has 0 saturated carbocycles. The highest BCUT2D eigenvalue weighted by molar-refractivity contribution is 5.96. The van der Waals surface area contributed by atoms with Gasteiger partial charge in [0, 0.05) is 30.8 Å². The van der Waals surface area contributed by atoms with Gasteiger partial charge in [0.15, 0.2) is 5.78 Å². The van der Waals surface area contributed by atoms with E-state index >= 15 is 0 Å². The standard InChI is InChI=1S/C19H21NO2/c21-18(16-7-3-1-4-8-16)15-19(22)11-13-20(14-12-19)17-9-5-2-6-10-17/h1-10,22H,11-15H2. The minimum Gasteiger partial charge on any atom is -0.389 e. The summed E-state index contributed by atoms with van der Waals surface area (Å²) in [6, 6.07) is 19.4. The third kappa shape index (κ3) is 3.37. The van der Waals surface area contributed by atoms with E-state index in [-0.39, 0.29) is 12.2 Å². The fourth-order valence-corrected chi connectivity index (χ4v) is 3.02. The molecule has 1 aliphatic rings. The van der Waals surface area contributed by atoms with Crippen molar-refractivity contribution in [3.8, 4) is 0 Å². The maximum Gasteiger partial charge on any atom is 0.165 e. The number of aliphatic hydroxyl groups is 1. The molecule has 1 fully saturated rings. The van der Waals surface area contributed by atoms with Gasteiger partial charge in [-0.05, 0) is 25.0 Å². The number of nitrogens with zero attached hydrogens (tertiary/aromatic N) is 1. The van der Waals surface area contributed by atoms with Gasteiger partial charge in [0.05, 0.1) is 5.60 Å². The van der Waals surface area contributed by atoms with Crippen LogP contribution in [0.5, 0.6) is 0 Å². The van der Waals surface area contributed by atoms with Crippen molar-refractivity contribution < 1.29 is 9.90 Å². The predicted molar refractivity (Wildman–Crippen MR) is 88.2 cm³/mol. The van der Waals surface area contributed by atoms with E-state index in [1.807, 2.05) is 48.5 Å². The number of carbonyl (C=O) groups is 1. The Kier molecular flexibility index (Phi) is 4.25. The van der Waals surface area contributed by atoms with Gasteiger partial charge < -0.3 is 10.0 Å². The van der Waals surface area contributed by atoms with E-state index in [2.05, 4.69) is 17.0 Å². The van der Waals surface area contributed by atoms with Crippen LogP contribution in [0.25, 0.3) is 0 Å². The Hall–Kier alpha value is -2.13. The normalized spacial score (nSPS) is 17.2. The molecule has 0 aliphatic carbocycles. The van der Waals surface area contributed by atoms with Crippen molar-refractivity contribution in [2.75, 3.05) is 18.0 Å². The zero-order chi connectivity index (χ0) is 15.4. The van der Waals surface area contributed by atoms with Crippen LogP contribution in [-0.2, 0) is 0 Å². The molecule has 3 heteroatoms. The first-order valence-corrected chi connectivity index (χ1v) is 7.77. The van der Waals surface area contributed by atoms with Gasteiger partial charge in [-0.2, -0.15) is 0 Å². The van der Waals surface area contributed by atoms with E-state index < -0.39 is 5.60 Å². The van der Waals surface area contributed by atoms with Crippen LogP contribution < -0.4 is 4.90 Å². The molecule has 0 bridgehead atoms. The van der Waals surface area contributed by atoms with E-state index in [1.165, 1.54) is 5.69 Å². The van der Waals surface area contributed by atoms with E-state index in [0.717, 1.165) is 13.1 Å². The van der Waals surface area contributed by atoms with Crippen molar-refractivity contribution in [1.82, 2.24) is 0 Å². The van der Waals surface area contributed by atoms with Crippen LogP contribution in [0, 0.1) is 0 Å². The molecule has 0 atom stereocenters. The molecule has 22 heavy (non-hydrogen) atoms. The maximum absolute atomic E-state index is 12.3. The number of Topliss-reactive ketones (excluding diaryl/α,β-unsaturated/α-hetero) is 1. The molecule has 1 heterocycles. The van der Waals surface area contributed by atoms with E-state index in [0.29, 0.717) is 18.4 Å². The van der Waals surface area contributed by atoms with E-state index in [1.54, 1.807) is 0 Å². The van der Waals surface area contributed by atoms with Crippen molar-refractivity contribution in [3.05, 3.63) is 66.2 Å². The fourth-order valence-electron chi connectivity index (χ4n) is 3.02. The van der Waals surface area contributed by atoms with Crippen LogP contribution in [-0.4, -0.2) is 29.6 Å². The largest absolute Gasteiger partial charge is 0.389 e. The highest BCUT2D eigenvalue weighted by atomic mass is 16.3. The topological polar surface area (TPSA) is 40.5 Å². The molecule has 3 rings (SSSR count). The second-order valence-corrected chi connectivity index (χ2v) is 6.01. The molecule has 1 saturated heterocycles. The van der Waals surface area contributed by atoms with Crippen LogP contribution in [0.15, 0.2) is 60.7 Å². The number of hydrogen-bond donors (Lipinski definition) is 1. The Morgan fingerprint density at radius 3 is 2.09 bits per heavy atom. The molecular weight excluding hydrogens is 274 g/mol. The molecule has 3 nitrogen and oxygen atoms in total. The van der Waals surface area contributed by atoms with E-state index in [9.17, 15) is 9.90 Å². The summed E-state index contributed by atoms with van der Waals surface area (Å²) >= 11 is 0. The van der Waals surface area contributed by atoms with Gasteiger partial charge >= 0.3 is 0 Å². The number of rotatable bonds is 4. The van der Waals surface area contributed by atoms with Crippen molar-refractivity contribution in [1.29, 1.82) is 0 Å².